The van der Waals surface area contributed by atoms with Crippen LogP contribution < -0.4 is 10.5 Å². The third kappa shape index (κ3) is 1.98. The average molecular weight is 324 g/mol. The van der Waals surface area contributed by atoms with Gasteiger partial charge in [-0.3, -0.25) is 0 Å². The molecule has 2 atom stereocenters. The minimum Gasteiger partial charge on any atom is -0.493 e. The van der Waals surface area contributed by atoms with Crippen molar-refractivity contribution in [3.63, 3.8) is 0 Å². The molecule has 0 amide bonds. The summed E-state index contributed by atoms with van der Waals surface area (Å²) < 4.78 is 6.85. The highest BCUT2D eigenvalue weighted by Crippen LogP contribution is 2.42. The number of para-hydroxylation sites is 1. The van der Waals surface area contributed by atoms with Gasteiger partial charge in [-0.15, -0.1) is 11.3 Å². The summed E-state index contributed by atoms with van der Waals surface area (Å²) in [6, 6.07) is 10.3. The first-order chi connectivity index (χ1) is 8.66. The Labute approximate surface area is 119 Å². The quantitative estimate of drug-likeness (QED) is 0.906. The van der Waals surface area contributed by atoms with E-state index in [-0.39, 0.29) is 12.0 Å². The van der Waals surface area contributed by atoms with Crippen molar-refractivity contribution < 1.29 is 4.74 Å². The van der Waals surface area contributed by atoms with E-state index in [9.17, 15) is 0 Å². The van der Waals surface area contributed by atoms with Gasteiger partial charge in [0.1, 0.15) is 5.75 Å². The van der Waals surface area contributed by atoms with Crippen molar-refractivity contribution in [2.75, 3.05) is 6.61 Å². The molecule has 0 fully saturated rings. The van der Waals surface area contributed by atoms with Crippen LogP contribution >= 0.6 is 27.3 Å². The van der Waals surface area contributed by atoms with Crippen LogP contribution in [0.2, 0.25) is 0 Å². The minimum absolute atomic E-state index is 0.00338. The maximum atomic E-state index is 6.41. The number of nitrogens with two attached hydrogens (primary N) is 1. The molecule has 1 aliphatic heterocycles. The molecule has 3 rings (SSSR count). The first-order valence-corrected chi connectivity index (χ1v) is 7.51. The predicted molar refractivity (Wildman–Crippen MR) is 78.4 cm³/mol. The molecule has 18 heavy (non-hydrogen) atoms. The molecule has 1 aromatic carbocycles. The fraction of sp³-hybridized carbons (Fsp3) is 0.286. The zero-order valence-corrected chi connectivity index (χ0v) is 12.4. The van der Waals surface area contributed by atoms with Crippen molar-refractivity contribution in [3.8, 4) is 5.75 Å². The largest absolute Gasteiger partial charge is 0.493 e. The number of halogens is 1. The molecule has 0 bridgehead atoms. The lowest BCUT2D eigenvalue weighted by molar-refractivity contribution is 0.316. The highest BCUT2D eigenvalue weighted by atomic mass is 79.9. The van der Waals surface area contributed by atoms with E-state index in [1.54, 1.807) is 11.3 Å². The third-order valence-electron chi connectivity index (χ3n) is 3.38. The molecular formula is C14H14BrNOS. The fourth-order valence-corrected chi connectivity index (χ4v) is 3.96. The Bertz CT molecular complexity index is 561. The molecule has 2 N–H and O–H groups in total. The van der Waals surface area contributed by atoms with Crippen molar-refractivity contribution >= 4 is 27.3 Å². The van der Waals surface area contributed by atoms with Gasteiger partial charge in [-0.1, -0.05) is 18.2 Å². The van der Waals surface area contributed by atoms with E-state index in [4.69, 9.17) is 10.5 Å². The number of hydrogen-bond donors (Lipinski definition) is 1. The second-order valence-corrected chi connectivity index (χ2v) is 6.68. The van der Waals surface area contributed by atoms with Gasteiger partial charge in [0, 0.05) is 31.8 Å². The van der Waals surface area contributed by atoms with E-state index in [1.807, 2.05) is 18.2 Å². The monoisotopic (exact) mass is 323 g/mol. The van der Waals surface area contributed by atoms with E-state index < -0.39 is 0 Å². The maximum absolute atomic E-state index is 6.41. The van der Waals surface area contributed by atoms with Crippen LogP contribution in [0.25, 0.3) is 0 Å². The van der Waals surface area contributed by atoms with Crippen molar-refractivity contribution in [1.82, 2.24) is 0 Å². The highest BCUT2D eigenvalue weighted by Gasteiger charge is 2.30. The molecule has 1 aliphatic rings. The molecule has 0 saturated carbocycles. The molecular weight excluding hydrogens is 310 g/mol. The van der Waals surface area contributed by atoms with Crippen molar-refractivity contribution in [2.24, 2.45) is 5.73 Å². The molecule has 2 heterocycles. The third-order valence-corrected chi connectivity index (χ3v) is 5.61. The smallest absolute Gasteiger partial charge is 0.122 e. The van der Waals surface area contributed by atoms with E-state index in [1.165, 1.54) is 15.3 Å². The Morgan fingerprint density at radius 2 is 2.22 bits per heavy atom. The number of ether oxygens (including phenoxy) is 1. The first kappa shape index (κ1) is 12.2. The van der Waals surface area contributed by atoms with Crippen LogP contribution in [0.5, 0.6) is 5.75 Å². The lowest BCUT2D eigenvalue weighted by Crippen LogP contribution is -2.19. The molecule has 4 heteroatoms. The summed E-state index contributed by atoms with van der Waals surface area (Å²) in [5, 5.41) is 0. The zero-order valence-electron chi connectivity index (χ0n) is 10.0. The van der Waals surface area contributed by atoms with Gasteiger partial charge in [0.15, 0.2) is 0 Å². The molecule has 2 nitrogen and oxygen atoms in total. The van der Waals surface area contributed by atoms with Gasteiger partial charge in [-0.2, -0.15) is 0 Å². The van der Waals surface area contributed by atoms with Gasteiger partial charge in [0.05, 0.1) is 6.61 Å². The Kier molecular flexibility index (Phi) is 3.18. The van der Waals surface area contributed by atoms with Crippen molar-refractivity contribution in [2.45, 2.75) is 18.9 Å². The summed E-state index contributed by atoms with van der Waals surface area (Å²) in [6.45, 7) is 2.78. The van der Waals surface area contributed by atoms with Crippen LogP contribution in [-0.4, -0.2) is 6.61 Å². The molecule has 2 aromatic rings. The molecule has 2 unspecified atom stereocenters. The Balaban J connectivity index is 1.92. The van der Waals surface area contributed by atoms with E-state index in [2.05, 4.69) is 35.0 Å². The zero-order chi connectivity index (χ0) is 12.7. The predicted octanol–water partition coefficient (Wildman–Crippen LogP) is 4.00. The van der Waals surface area contributed by atoms with Crippen molar-refractivity contribution in [3.05, 3.63) is 50.1 Å². The van der Waals surface area contributed by atoms with Gasteiger partial charge in [0.25, 0.3) is 0 Å². The Morgan fingerprint density at radius 3 is 2.94 bits per heavy atom. The normalized spacial score (nSPS) is 19.4. The van der Waals surface area contributed by atoms with Crippen LogP contribution in [0.15, 0.2) is 34.8 Å². The first-order valence-electron chi connectivity index (χ1n) is 5.90. The summed E-state index contributed by atoms with van der Waals surface area (Å²) in [5.74, 6) is 1.23. The van der Waals surface area contributed by atoms with Crippen LogP contribution in [-0.2, 0) is 0 Å². The summed E-state index contributed by atoms with van der Waals surface area (Å²) in [6.07, 6.45) is 0. The fourth-order valence-electron chi connectivity index (χ4n) is 2.33. The molecule has 1 aromatic heterocycles. The van der Waals surface area contributed by atoms with Crippen LogP contribution in [0.1, 0.15) is 27.3 Å². The van der Waals surface area contributed by atoms with Gasteiger partial charge in [0.2, 0.25) is 0 Å². The second-order valence-electron chi connectivity index (χ2n) is 4.53. The summed E-state index contributed by atoms with van der Waals surface area (Å²) in [4.78, 5) is 2.48. The minimum atomic E-state index is 0.00338. The topological polar surface area (TPSA) is 35.2 Å². The van der Waals surface area contributed by atoms with Gasteiger partial charge < -0.3 is 10.5 Å². The highest BCUT2D eigenvalue weighted by molar-refractivity contribution is 9.10. The maximum Gasteiger partial charge on any atom is 0.122 e. The van der Waals surface area contributed by atoms with E-state index in [0.29, 0.717) is 6.61 Å². The van der Waals surface area contributed by atoms with Gasteiger partial charge >= 0.3 is 0 Å². The summed E-state index contributed by atoms with van der Waals surface area (Å²) >= 11 is 5.30. The molecule has 0 aliphatic carbocycles. The van der Waals surface area contributed by atoms with E-state index >= 15 is 0 Å². The van der Waals surface area contributed by atoms with Crippen molar-refractivity contribution in [1.29, 1.82) is 0 Å². The SMILES string of the molecule is Cc1sc(C(N)C2COc3ccccc32)cc1Br. The molecule has 94 valence electrons. The average Bonchev–Trinajstić information content (AvgIpc) is 2.93. The molecule has 0 saturated heterocycles. The van der Waals surface area contributed by atoms with Crippen LogP contribution in [0, 0.1) is 6.92 Å². The standard InChI is InChI=1S/C14H14BrNOS/c1-8-11(15)6-13(18-8)14(16)10-7-17-12-5-3-2-4-9(10)12/h2-6,10,14H,7,16H2,1H3. The molecule has 0 spiro atoms. The number of fused-ring (bicyclic) bond motifs is 1. The van der Waals surface area contributed by atoms with Gasteiger partial charge in [-0.25, -0.2) is 0 Å². The molecule has 0 radical (unpaired) electrons. The summed E-state index contributed by atoms with van der Waals surface area (Å²) in [7, 11) is 0. The van der Waals surface area contributed by atoms with Crippen LogP contribution in [0.3, 0.4) is 0 Å². The Morgan fingerprint density at radius 1 is 1.44 bits per heavy atom. The van der Waals surface area contributed by atoms with Crippen LogP contribution in [0.4, 0.5) is 0 Å². The number of aryl methyl sites for hydroxylation is 1. The number of rotatable bonds is 2. The lowest BCUT2D eigenvalue weighted by Gasteiger charge is -2.16. The number of hydrogen-bond acceptors (Lipinski definition) is 3. The lowest BCUT2D eigenvalue weighted by atomic mass is 9.93. The van der Waals surface area contributed by atoms with Gasteiger partial charge in [-0.05, 0) is 35.0 Å². The number of benzene rings is 1. The number of thiophene rings is 1. The van der Waals surface area contributed by atoms with E-state index in [0.717, 1.165) is 10.2 Å². The summed E-state index contributed by atoms with van der Waals surface area (Å²) in [5.41, 5.74) is 7.64. The Hall–Kier alpha value is -0.840. The second kappa shape index (κ2) is 4.68.